The fraction of sp³-hybridized carbons (Fsp3) is 0.438. The van der Waals surface area contributed by atoms with Gasteiger partial charge in [0.2, 0.25) is 0 Å². The van der Waals surface area contributed by atoms with Gasteiger partial charge in [-0.05, 0) is 48.4 Å². The average molecular weight is 351 g/mol. The van der Waals surface area contributed by atoms with Crippen molar-refractivity contribution in [1.82, 2.24) is 14.7 Å². The first-order valence-corrected chi connectivity index (χ1v) is 8.02. The Hall–Kier alpha value is -1.17. The van der Waals surface area contributed by atoms with Crippen LogP contribution in [0.25, 0.3) is 0 Å². The minimum atomic E-state index is 0.0651. The van der Waals surface area contributed by atoms with Gasteiger partial charge in [0.15, 0.2) is 0 Å². The SMILES string of the molecule is CN(C)CCn1ncc(Br)c1CCC(N)c1ccccc1. The summed E-state index contributed by atoms with van der Waals surface area (Å²) in [5, 5.41) is 4.44. The van der Waals surface area contributed by atoms with Crippen LogP contribution in [-0.2, 0) is 13.0 Å². The summed E-state index contributed by atoms with van der Waals surface area (Å²) < 4.78 is 3.14. The molecule has 114 valence electrons. The molecule has 2 aromatic rings. The van der Waals surface area contributed by atoms with Crippen molar-refractivity contribution in [2.24, 2.45) is 5.73 Å². The van der Waals surface area contributed by atoms with Gasteiger partial charge in [0.25, 0.3) is 0 Å². The van der Waals surface area contributed by atoms with Crippen LogP contribution in [0.3, 0.4) is 0 Å². The standard InChI is InChI=1S/C16H23BrN4/c1-20(2)10-11-21-16(14(17)12-19-21)9-8-15(18)13-6-4-3-5-7-13/h3-7,12,15H,8-11,18H2,1-2H3. The van der Waals surface area contributed by atoms with Crippen LogP contribution >= 0.6 is 15.9 Å². The van der Waals surface area contributed by atoms with E-state index in [4.69, 9.17) is 5.73 Å². The Morgan fingerprint density at radius 2 is 2.00 bits per heavy atom. The minimum Gasteiger partial charge on any atom is -0.324 e. The van der Waals surface area contributed by atoms with Crippen LogP contribution in [0, 0.1) is 0 Å². The van der Waals surface area contributed by atoms with Gasteiger partial charge in [0.1, 0.15) is 0 Å². The molecular weight excluding hydrogens is 328 g/mol. The maximum absolute atomic E-state index is 6.28. The highest BCUT2D eigenvalue weighted by atomic mass is 79.9. The van der Waals surface area contributed by atoms with Gasteiger partial charge in [0.05, 0.1) is 22.9 Å². The molecule has 0 spiro atoms. The van der Waals surface area contributed by atoms with E-state index < -0.39 is 0 Å². The summed E-state index contributed by atoms with van der Waals surface area (Å²) in [6, 6.07) is 10.3. The normalized spacial score (nSPS) is 12.8. The van der Waals surface area contributed by atoms with Crippen LogP contribution in [-0.4, -0.2) is 35.3 Å². The minimum absolute atomic E-state index is 0.0651. The molecule has 2 N–H and O–H groups in total. The molecule has 0 aliphatic rings. The largest absolute Gasteiger partial charge is 0.324 e. The zero-order valence-electron chi connectivity index (χ0n) is 12.7. The van der Waals surface area contributed by atoms with Crippen molar-refractivity contribution >= 4 is 15.9 Å². The van der Waals surface area contributed by atoms with Gasteiger partial charge < -0.3 is 10.6 Å². The number of aromatic nitrogens is 2. The monoisotopic (exact) mass is 350 g/mol. The van der Waals surface area contributed by atoms with Gasteiger partial charge >= 0.3 is 0 Å². The molecule has 21 heavy (non-hydrogen) atoms. The van der Waals surface area contributed by atoms with Crippen LogP contribution in [0.15, 0.2) is 41.0 Å². The van der Waals surface area contributed by atoms with E-state index >= 15 is 0 Å². The van der Waals surface area contributed by atoms with Crippen LogP contribution < -0.4 is 5.73 Å². The Kier molecular flexibility index (Phi) is 5.96. The van der Waals surface area contributed by atoms with E-state index in [0.29, 0.717) is 0 Å². The maximum Gasteiger partial charge on any atom is 0.0635 e. The first kappa shape index (κ1) is 16.2. The molecule has 1 aromatic carbocycles. The van der Waals surface area contributed by atoms with Gasteiger partial charge in [-0.3, -0.25) is 4.68 Å². The highest BCUT2D eigenvalue weighted by molar-refractivity contribution is 9.10. The van der Waals surface area contributed by atoms with E-state index in [0.717, 1.165) is 30.4 Å². The Bertz CT molecular complexity index is 551. The number of benzene rings is 1. The number of hydrogen-bond donors (Lipinski definition) is 1. The summed E-state index contributed by atoms with van der Waals surface area (Å²) >= 11 is 3.59. The smallest absolute Gasteiger partial charge is 0.0635 e. The number of likely N-dealkylation sites (N-methyl/N-ethyl adjacent to an activating group) is 1. The zero-order valence-corrected chi connectivity index (χ0v) is 14.3. The van der Waals surface area contributed by atoms with E-state index in [9.17, 15) is 0 Å². The lowest BCUT2D eigenvalue weighted by molar-refractivity contribution is 0.368. The first-order chi connectivity index (χ1) is 10.1. The molecule has 1 aromatic heterocycles. The van der Waals surface area contributed by atoms with Crippen molar-refractivity contribution in [3.05, 3.63) is 52.3 Å². The average Bonchev–Trinajstić information content (AvgIpc) is 2.84. The second-order valence-electron chi connectivity index (χ2n) is 5.52. The van der Waals surface area contributed by atoms with Crippen molar-refractivity contribution in [2.75, 3.05) is 20.6 Å². The van der Waals surface area contributed by atoms with Gasteiger partial charge in [0, 0.05) is 12.6 Å². The topological polar surface area (TPSA) is 47.1 Å². The fourth-order valence-corrected chi connectivity index (χ4v) is 2.78. The van der Waals surface area contributed by atoms with Crippen molar-refractivity contribution in [3.8, 4) is 0 Å². The molecule has 1 atom stereocenters. The number of rotatable bonds is 7. The lowest BCUT2D eigenvalue weighted by Crippen LogP contribution is -2.20. The van der Waals surface area contributed by atoms with Gasteiger partial charge in [-0.15, -0.1) is 0 Å². The molecule has 1 heterocycles. The fourth-order valence-electron chi connectivity index (χ4n) is 2.28. The van der Waals surface area contributed by atoms with E-state index in [1.165, 1.54) is 11.3 Å². The van der Waals surface area contributed by atoms with Crippen molar-refractivity contribution in [1.29, 1.82) is 0 Å². The lowest BCUT2D eigenvalue weighted by Gasteiger charge is -2.15. The summed E-state index contributed by atoms with van der Waals surface area (Å²) in [5.74, 6) is 0. The summed E-state index contributed by atoms with van der Waals surface area (Å²) in [5.41, 5.74) is 8.69. The summed E-state index contributed by atoms with van der Waals surface area (Å²) in [6.45, 7) is 1.88. The predicted molar refractivity (Wildman–Crippen MR) is 90.2 cm³/mol. The lowest BCUT2D eigenvalue weighted by atomic mass is 10.0. The molecule has 0 aliphatic heterocycles. The predicted octanol–water partition coefficient (Wildman–Crippen LogP) is 2.84. The van der Waals surface area contributed by atoms with E-state index in [2.05, 4.69) is 56.8 Å². The number of nitrogens with zero attached hydrogens (tertiary/aromatic N) is 3. The molecule has 0 bridgehead atoms. The Balaban J connectivity index is 1.98. The van der Waals surface area contributed by atoms with Crippen LogP contribution in [0.4, 0.5) is 0 Å². The van der Waals surface area contributed by atoms with E-state index in [1.807, 2.05) is 24.4 Å². The second kappa shape index (κ2) is 7.73. The van der Waals surface area contributed by atoms with Gasteiger partial charge in [-0.2, -0.15) is 5.10 Å². The highest BCUT2D eigenvalue weighted by Gasteiger charge is 2.12. The van der Waals surface area contributed by atoms with E-state index in [1.54, 1.807) is 0 Å². The third kappa shape index (κ3) is 4.66. The molecule has 5 heteroatoms. The molecule has 2 rings (SSSR count). The van der Waals surface area contributed by atoms with Crippen molar-refractivity contribution in [3.63, 3.8) is 0 Å². The second-order valence-corrected chi connectivity index (χ2v) is 6.38. The zero-order chi connectivity index (χ0) is 15.2. The Labute approximate surface area is 135 Å². The summed E-state index contributed by atoms with van der Waals surface area (Å²) in [4.78, 5) is 2.16. The van der Waals surface area contributed by atoms with E-state index in [-0.39, 0.29) is 6.04 Å². The van der Waals surface area contributed by atoms with Crippen LogP contribution in [0.5, 0.6) is 0 Å². The molecule has 0 fully saturated rings. The number of halogens is 1. The third-order valence-corrected chi connectivity index (χ3v) is 4.24. The molecule has 0 saturated carbocycles. The van der Waals surface area contributed by atoms with Gasteiger partial charge in [-0.1, -0.05) is 30.3 Å². The molecule has 1 unspecified atom stereocenters. The first-order valence-electron chi connectivity index (χ1n) is 7.23. The molecular formula is C16H23BrN4. The van der Waals surface area contributed by atoms with Crippen molar-refractivity contribution < 1.29 is 0 Å². The molecule has 4 nitrogen and oxygen atoms in total. The van der Waals surface area contributed by atoms with Crippen LogP contribution in [0.2, 0.25) is 0 Å². The summed E-state index contributed by atoms with van der Waals surface area (Å²) in [7, 11) is 4.15. The quantitative estimate of drug-likeness (QED) is 0.835. The Morgan fingerprint density at radius 3 is 2.67 bits per heavy atom. The van der Waals surface area contributed by atoms with Gasteiger partial charge in [-0.25, -0.2) is 0 Å². The molecule has 0 radical (unpaired) electrons. The number of hydrogen-bond acceptors (Lipinski definition) is 3. The molecule has 0 saturated heterocycles. The third-order valence-electron chi connectivity index (χ3n) is 3.58. The maximum atomic E-state index is 6.28. The number of nitrogens with two attached hydrogens (primary N) is 1. The Morgan fingerprint density at radius 1 is 1.29 bits per heavy atom. The van der Waals surface area contributed by atoms with Crippen LogP contribution in [0.1, 0.15) is 23.7 Å². The summed E-state index contributed by atoms with van der Waals surface area (Å²) in [6.07, 6.45) is 3.71. The molecule has 0 aliphatic carbocycles. The van der Waals surface area contributed by atoms with Crippen molar-refractivity contribution in [2.45, 2.75) is 25.4 Å². The molecule has 0 amide bonds. The highest BCUT2D eigenvalue weighted by Crippen LogP contribution is 2.21.